The second-order valence-corrected chi connectivity index (χ2v) is 5.89. The average molecular weight is 310 g/mol. The molecule has 2 nitrogen and oxygen atoms in total. The van der Waals surface area contributed by atoms with Gasteiger partial charge in [0.15, 0.2) is 5.82 Å². The third-order valence-electron chi connectivity index (χ3n) is 4.21. The van der Waals surface area contributed by atoms with Crippen LogP contribution >= 0.6 is 0 Å². The fraction of sp³-hybridized carbons (Fsp3) is 0.0909. The molecule has 1 heterocycles. The number of rotatable bonds is 3. The molecular formula is C22H18N2. The molecule has 24 heavy (non-hydrogen) atoms. The van der Waals surface area contributed by atoms with Crippen molar-refractivity contribution in [1.29, 1.82) is 0 Å². The topological polar surface area (TPSA) is 25.8 Å². The number of allylic oxidation sites excluding steroid dienone is 4. The molecule has 0 saturated carbocycles. The Bertz CT molecular complexity index is 823. The summed E-state index contributed by atoms with van der Waals surface area (Å²) >= 11 is 0. The fourth-order valence-electron chi connectivity index (χ4n) is 2.93. The highest BCUT2D eigenvalue weighted by Gasteiger charge is 2.15. The molecule has 1 aliphatic carbocycles. The van der Waals surface area contributed by atoms with E-state index in [1.165, 1.54) is 0 Å². The number of nitrogens with zero attached hydrogens (tertiary/aromatic N) is 2. The third kappa shape index (κ3) is 3.04. The molecule has 4 rings (SSSR count). The van der Waals surface area contributed by atoms with Crippen LogP contribution in [0.2, 0.25) is 0 Å². The molecule has 1 atom stereocenters. The summed E-state index contributed by atoms with van der Waals surface area (Å²) in [6, 6.07) is 22.6. The second kappa shape index (κ2) is 6.63. The van der Waals surface area contributed by atoms with Crippen LogP contribution in [-0.4, -0.2) is 9.97 Å². The Hall–Kier alpha value is -3.00. The van der Waals surface area contributed by atoms with Gasteiger partial charge in [0.1, 0.15) is 0 Å². The Balaban J connectivity index is 1.85. The molecule has 1 unspecified atom stereocenters. The van der Waals surface area contributed by atoms with E-state index in [2.05, 4.69) is 54.6 Å². The number of hydrogen-bond donors (Lipinski definition) is 0. The maximum Gasteiger partial charge on any atom is 0.160 e. The lowest BCUT2D eigenvalue weighted by atomic mass is 9.95. The van der Waals surface area contributed by atoms with Crippen molar-refractivity contribution in [3.8, 4) is 22.6 Å². The van der Waals surface area contributed by atoms with Crippen molar-refractivity contribution >= 4 is 0 Å². The van der Waals surface area contributed by atoms with Gasteiger partial charge in [0.25, 0.3) is 0 Å². The lowest BCUT2D eigenvalue weighted by Gasteiger charge is -2.15. The summed E-state index contributed by atoms with van der Waals surface area (Å²) < 4.78 is 0. The van der Waals surface area contributed by atoms with E-state index >= 15 is 0 Å². The van der Waals surface area contributed by atoms with Crippen LogP contribution in [0.5, 0.6) is 0 Å². The van der Waals surface area contributed by atoms with E-state index in [-0.39, 0.29) is 0 Å². The lowest BCUT2D eigenvalue weighted by molar-refractivity contribution is 0.811. The maximum atomic E-state index is 4.86. The molecule has 0 spiro atoms. The summed E-state index contributed by atoms with van der Waals surface area (Å²) in [6.45, 7) is 0. The second-order valence-electron chi connectivity index (χ2n) is 5.89. The van der Waals surface area contributed by atoms with Gasteiger partial charge in [-0.15, -0.1) is 0 Å². The van der Waals surface area contributed by atoms with Crippen molar-refractivity contribution in [3.63, 3.8) is 0 Å². The van der Waals surface area contributed by atoms with E-state index in [1.807, 2.05) is 36.4 Å². The zero-order valence-corrected chi connectivity index (χ0v) is 13.3. The van der Waals surface area contributed by atoms with Gasteiger partial charge in [-0.3, -0.25) is 0 Å². The lowest BCUT2D eigenvalue weighted by Crippen LogP contribution is -2.03. The summed E-state index contributed by atoms with van der Waals surface area (Å²) in [5, 5.41) is 0. The molecule has 2 heteroatoms. The van der Waals surface area contributed by atoms with Crippen LogP contribution in [0, 0.1) is 0 Å². The molecule has 1 aliphatic rings. The molecule has 0 amide bonds. The smallest absolute Gasteiger partial charge is 0.160 e. The van der Waals surface area contributed by atoms with Crippen molar-refractivity contribution < 1.29 is 0 Å². The molecule has 1 aromatic heterocycles. The minimum absolute atomic E-state index is 0.308. The fourth-order valence-corrected chi connectivity index (χ4v) is 2.93. The van der Waals surface area contributed by atoms with Crippen molar-refractivity contribution in [3.05, 3.63) is 96.7 Å². The Morgan fingerprint density at radius 3 is 2.12 bits per heavy atom. The Morgan fingerprint density at radius 1 is 0.750 bits per heavy atom. The van der Waals surface area contributed by atoms with Gasteiger partial charge in [-0.05, 0) is 12.5 Å². The first-order chi connectivity index (χ1) is 11.9. The molecule has 116 valence electrons. The molecule has 0 fully saturated rings. The van der Waals surface area contributed by atoms with Gasteiger partial charge in [0.2, 0.25) is 0 Å². The van der Waals surface area contributed by atoms with Gasteiger partial charge >= 0.3 is 0 Å². The van der Waals surface area contributed by atoms with Crippen LogP contribution in [0.3, 0.4) is 0 Å². The molecular weight excluding hydrogens is 292 g/mol. The highest BCUT2D eigenvalue weighted by Crippen LogP contribution is 2.29. The Morgan fingerprint density at radius 2 is 1.46 bits per heavy atom. The Labute approximate surface area is 142 Å². The van der Waals surface area contributed by atoms with Gasteiger partial charge in [0, 0.05) is 17.0 Å². The molecule has 0 bridgehead atoms. The highest BCUT2D eigenvalue weighted by molar-refractivity contribution is 5.64. The predicted octanol–water partition coefficient (Wildman–Crippen LogP) is 5.41. The number of benzene rings is 2. The van der Waals surface area contributed by atoms with Crippen LogP contribution in [0.25, 0.3) is 22.6 Å². The van der Waals surface area contributed by atoms with E-state index in [4.69, 9.17) is 9.97 Å². The molecule has 0 aliphatic heterocycles. The molecule has 0 N–H and O–H groups in total. The predicted molar refractivity (Wildman–Crippen MR) is 98.5 cm³/mol. The molecule has 0 radical (unpaired) electrons. The van der Waals surface area contributed by atoms with E-state index in [1.54, 1.807) is 0 Å². The Kier molecular flexibility index (Phi) is 4.03. The summed E-state index contributed by atoms with van der Waals surface area (Å²) in [7, 11) is 0. The van der Waals surface area contributed by atoms with Gasteiger partial charge in [0.05, 0.1) is 11.4 Å². The van der Waals surface area contributed by atoms with Gasteiger partial charge in [-0.1, -0.05) is 85.0 Å². The van der Waals surface area contributed by atoms with E-state index < -0.39 is 0 Å². The first-order valence-corrected chi connectivity index (χ1v) is 8.23. The third-order valence-corrected chi connectivity index (χ3v) is 4.21. The number of aromatic nitrogens is 2. The quantitative estimate of drug-likeness (QED) is 0.646. The molecule has 0 saturated heterocycles. The van der Waals surface area contributed by atoms with Crippen molar-refractivity contribution in [2.24, 2.45) is 0 Å². The van der Waals surface area contributed by atoms with Gasteiger partial charge < -0.3 is 0 Å². The molecule has 3 aromatic rings. The summed E-state index contributed by atoms with van der Waals surface area (Å²) in [6.07, 6.45) is 9.58. The van der Waals surface area contributed by atoms with Gasteiger partial charge in [-0.25, -0.2) is 9.97 Å². The normalized spacial score (nSPS) is 16.2. The highest BCUT2D eigenvalue weighted by atomic mass is 14.9. The SMILES string of the molecule is C1=CCC(c2cc(-c3ccccc3)nc(-c3ccccc3)n2)C=C1. The largest absolute Gasteiger partial charge is 0.232 e. The average Bonchev–Trinajstić information content (AvgIpc) is 2.70. The van der Waals surface area contributed by atoms with E-state index in [0.29, 0.717) is 5.92 Å². The van der Waals surface area contributed by atoms with E-state index in [9.17, 15) is 0 Å². The monoisotopic (exact) mass is 310 g/mol. The number of hydrogen-bond acceptors (Lipinski definition) is 2. The standard InChI is InChI=1S/C22H18N2/c1-4-10-17(11-5-1)20-16-21(18-12-6-2-7-13-18)24-22(23-20)19-14-8-3-9-15-19/h1-12,14-16,18H,13H2. The zero-order valence-electron chi connectivity index (χ0n) is 13.3. The summed E-state index contributed by atoms with van der Waals surface area (Å²) in [5.74, 6) is 1.10. The van der Waals surface area contributed by atoms with Crippen LogP contribution in [0.15, 0.2) is 91.0 Å². The first kappa shape index (κ1) is 14.6. The van der Waals surface area contributed by atoms with Crippen LogP contribution in [0.1, 0.15) is 18.0 Å². The van der Waals surface area contributed by atoms with Crippen LogP contribution in [-0.2, 0) is 0 Å². The van der Waals surface area contributed by atoms with Crippen molar-refractivity contribution in [1.82, 2.24) is 9.97 Å². The minimum atomic E-state index is 0.308. The van der Waals surface area contributed by atoms with Crippen LogP contribution in [0.4, 0.5) is 0 Å². The molecule has 2 aromatic carbocycles. The summed E-state index contributed by atoms with van der Waals surface area (Å²) in [4.78, 5) is 9.67. The zero-order chi connectivity index (χ0) is 16.2. The van der Waals surface area contributed by atoms with Crippen LogP contribution < -0.4 is 0 Å². The van der Waals surface area contributed by atoms with Crippen molar-refractivity contribution in [2.75, 3.05) is 0 Å². The minimum Gasteiger partial charge on any atom is -0.232 e. The first-order valence-electron chi connectivity index (χ1n) is 8.23. The summed E-state index contributed by atoms with van der Waals surface area (Å²) in [5.41, 5.74) is 4.21. The van der Waals surface area contributed by atoms with Crippen molar-refractivity contribution in [2.45, 2.75) is 12.3 Å². The van der Waals surface area contributed by atoms with Gasteiger partial charge in [-0.2, -0.15) is 0 Å². The maximum absolute atomic E-state index is 4.86. The van der Waals surface area contributed by atoms with E-state index in [0.717, 1.165) is 34.8 Å².